The Labute approximate surface area is 201 Å². The molecule has 0 bridgehead atoms. The normalized spacial score (nSPS) is 14.5. The van der Waals surface area contributed by atoms with Gasteiger partial charge in [0.05, 0.1) is 32.0 Å². The zero-order valence-corrected chi connectivity index (χ0v) is 19.6. The molecule has 1 amide bonds. The van der Waals surface area contributed by atoms with E-state index < -0.39 is 11.9 Å². The van der Waals surface area contributed by atoms with Crippen LogP contribution < -0.4 is 16.0 Å². The Morgan fingerprint density at radius 2 is 2.06 bits per heavy atom. The van der Waals surface area contributed by atoms with Crippen LogP contribution >= 0.6 is 0 Å². The van der Waals surface area contributed by atoms with E-state index in [0.29, 0.717) is 43.3 Å². The molecular formula is C22H29FN8O4. The van der Waals surface area contributed by atoms with Gasteiger partial charge in [-0.15, -0.1) is 0 Å². The maximum absolute atomic E-state index is 15.0. The molecule has 1 aliphatic heterocycles. The molecule has 12 nitrogen and oxygen atoms in total. The standard InChI is InChI=1S/C22H29FN8O4/c1-30(2)9-14(12-32)13-35-29-17-10-31(11-17)21-26-7-16(8-27-21)18-5-3-4-15(19(18)23)6-25-20(24)28-22(33)34/h3-5,7-8,14,32H,6,9-13H2,1-2H3,(H,33,34)(H3,24,25,28). The lowest BCUT2D eigenvalue weighted by atomic mass is 10.0. The largest absolute Gasteiger partial charge is 0.465 e. The Bertz CT molecular complexity index is 1070. The van der Waals surface area contributed by atoms with Crippen LogP contribution in [0.25, 0.3) is 11.1 Å². The lowest BCUT2D eigenvalue weighted by Gasteiger charge is -2.32. The van der Waals surface area contributed by atoms with Gasteiger partial charge in [-0.3, -0.25) is 5.32 Å². The van der Waals surface area contributed by atoms with Crippen LogP contribution in [0.2, 0.25) is 0 Å². The Morgan fingerprint density at radius 1 is 1.34 bits per heavy atom. The first-order chi connectivity index (χ1) is 16.8. The molecule has 0 saturated carbocycles. The summed E-state index contributed by atoms with van der Waals surface area (Å²) in [6.45, 7) is 1.98. The molecule has 13 heteroatoms. The number of benzene rings is 1. The van der Waals surface area contributed by atoms with Gasteiger partial charge < -0.3 is 30.6 Å². The van der Waals surface area contributed by atoms with Crippen molar-refractivity contribution in [3.05, 3.63) is 42.0 Å². The number of nitrogens with zero attached hydrogens (tertiary/aromatic N) is 6. The highest BCUT2D eigenvalue weighted by Crippen LogP contribution is 2.26. The van der Waals surface area contributed by atoms with Gasteiger partial charge in [-0.2, -0.15) is 0 Å². The van der Waals surface area contributed by atoms with E-state index in [-0.39, 0.29) is 30.6 Å². The molecular weight excluding hydrogens is 459 g/mol. The number of halogens is 1. The molecule has 1 fully saturated rings. The number of rotatable bonds is 10. The van der Waals surface area contributed by atoms with Crippen molar-refractivity contribution < 1.29 is 24.2 Å². The fourth-order valence-electron chi connectivity index (χ4n) is 3.37. The molecule has 1 unspecified atom stereocenters. The molecule has 2 aromatic rings. The van der Waals surface area contributed by atoms with E-state index >= 15 is 0 Å². The maximum atomic E-state index is 15.0. The Kier molecular flexibility index (Phi) is 8.86. The minimum Gasteiger partial charge on any atom is -0.465 e. The number of nitrogens with one attached hydrogen (secondary N) is 1. The van der Waals surface area contributed by atoms with Gasteiger partial charge in [-0.25, -0.2) is 24.1 Å². The number of aliphatic hydroxyl groups is 1. The minimum absolute atomic E-state index is 0.00845. The summed E-state index contributed by atoms with van der Waals surface area (Å²) in [6, 6.07) is 4.80. The SMILES string of the molecule is CN(C)CC(CO)CON=C1CN(c2ncc(-c3cccc(CN=C(N)NC(=O)O)c3F)cn2)C1. The zero-order chi connectivity index (χ0) is 25.4. The van der Waals surface area contributed by atoms with Crippen molar-refractivity contribution in [2.24, 2.45) is 21.8 Å². The molecule has 35 heavy (non-hydrogen) atoms. The average Bonchev–Trinajstić information content (AvgIpc) is 2.78. The summed E-state index contributed by atoms with van der Waals surface area (Å²) < 4.78 is 15.0. The van der Waals surface area contributed by atoms with Crippen LogP contribution in [0, 0.1) is 11.7 Å². The predicted octanol–water partition coefficient (Wildman–Crippen LogP) is 0.728. The van der Waals surface area contributed by atoms with Gasteiger partial charge in [0, 0.05) is 41.5 Å². The monoisotopic (exact) mass is 488 g/mol. The van der Waals surface area contributed by atoms with Crippen molar-refractivity contribution >= 4 is 23.7 Å². The number of amides is 1. The van der Waals surface area contributed by atoms with Crippen LogP contribution in [0.5, 0.6) is 0 Å². The van der Waals surface area contributed by atoms with Crippen LogP contribution in [-0.4, -0.2) is 89.8 Å². The molecule has 1 saturated heterocycles. The van der Waals surface area contributed by atoms with Gasteiger partial charge in [-0.05, 0) is 14.1 Å². The third-order valence-electron chi connectivity index (χ3n) is 5.10. The molecule has 1 aromatic carbocycles. The number of carboxylic acid groups (broad SMARTS) is 1. The molecule has 0 spiro atoms. The van der Waals surface area contributed by atoms with E-state index in [0.717, 1.165) is 5.71 Å². The summed E-state index contributed by atoms with van der Waals surface area (Å²) in [7, 11) is 3.87. The highest BCUT2D eigenvalue weighted by Gasteiger charge is 2.25. The van der Waals surface area contributed by atoms with Crippen molar-refractivity contribution in [1.29, 1.82) is 0 Å². The smallest absolute Gasteiger partial charge is 0.411 e. The number of hydrogen-bond acceptors (Lipinski definition) is 9. The molecule has 2 heterocycles. The van der Waals surface area contributed by atoms with E-state index in [1.165, 1.54) is 18.5 Å². The summed E-state index contributed by atoms with van der Waals surface area (Å²) in [5.41, 5.74) is 7.32. The maximum Gasteiger partial charge on any atom is 0.411 e. The Balaban J connectivity index is 1.57. The third kappa shape index (κ3) is 7.32. The zero-order valence-electron chi connectivity index (χ0n) is 19.6. The van der Waals surface area contributed by atoms with E-state index in [1.54, 1.807) is 12.1 Å². The van der Waals surface area contributed by atoms with Gasteiger partial charge in [0.25, 0.3) is 0 Å². The van der Waals surface area contributed by atoms with Crippen molar-refractivity contribution in [2.45, 2.75) is 6.54 Å². The molecule has 1 aliphatic rings. The van der Waals surface area contributed by atoms with Crippen LogP contribution in [0.4, 0.5) is 15.1 Å². The quantitative estimate of drug-likeness (QED) is 0.215. The highest BCUT2D eigenvalue weighted by molar-refractivity contribution is 5.98. The molecule has 5 N–H and O–H groups in total. The first kappa shape index (κ1) is 25.8. The van der Waals surface area contributed by atoms with Gasteiger partial charge in [0.15, 0.2) is 5.96 Å². The van der Waals surface area contributed by atoms with E-state index in [9.17, 15) is 14.3 Å². The summed E-state index contributed by atoms with van der Waals surface area (Å²) in [5.74, 6) is -0.352. The highest BCUT2D eigenvalue weighted by atomic mass is 19.1. The van der Waals surface area contributed by atoms with Gasteiger partial charge in [0.2, 0.25) is 5.95 Å². The number of aliphatic hydroxyl groups excluding tert-OH is 1. The van der Waals surface area contributed by atoms with Gasteiger partial charge >= 0.3 is 6.09 Å². The molecule has 3 rings (SSSR count). The number of aliphatic imine (C=N–C) groups is 1. The second-order valence-corrected chi connectivity index (χ2v) is 8.30. The van der Waals surface area contributed by atoms with Gasteiger partial charge in [0.1, 0.15) is 12.4 Å². The van der Waals surface area contributed by atoms with E-state index in [4.69, 9.17) is 15.7 Å². The van der Waals surface area contributed by atoms with Crippen molar-refractivity contribution in [2.75, 3.05) is 51.8 Å². The lowest BCUT2D eigenvalue weighted by Crippen LogP contribution is -2.48. The average molecular weight is 489 g/mol. The lowest BCUT2D eigenvalue weighted by molar-refractivity contribution is 0.0650. The van der Waals surface area contributed by atoms with Crippen LogP contribution in [-0.2, 0) is 11.4 Å². The van der Waals surface area contributed by atoms with Crippen LogP contribution in [0.3, 0.4) is 0 Å². The van der Waals surface area contributed by atoms with Crippen LogP contribution in [0.15, 0.2) is 40.7 Å². The number of hydrogen-bond donors (Lipinski definition) is 4. The number of nitrogens with two attached hydrogens (primary N) is 1. The van der Waals surface area contributed by atoms with Crippen LogP contribution in [0.1, 0.15) is 5.56 Å². The van der Waals surface area contributed by atoms with Crippen molar-refractivity contribution in [1.82, 2.24) is 20.2 Å². The molecule has 0 aliphatic carbocycles. The summed E-state index contributed by atoms with van der Waals surface area (Å²) in [4.78, 5) is 32.3. The number of aromatic nitrogens is 2. The van der Waals surface area contributed by atoms with Crippen molar-refractivity contribution in [3.8, 4) is 11.1 Å². The summed E-state index contributed by atoms with van der Waals surface area (Å²) >= 11 is 0. The first-order valence-corrected chi connectivity index (χ1v) is 10.8. The summed E-state index contributed by atoms with van der Waals surface area (Å²) in [5, 5.41) is 24.0. The summed E-state index contributed by atoms with van der Waals surface area (Å²) in [6.07, 6.45) is 1.72. The third-order valence-corrected chi connectivity index (χ3v) is 5.10. The first-order valence-electron chi connectivity index (χ1n) is 10.8. The van der Waals surface area contributed by atoms with Crippen molar-refractivity contribution in [3.63, 3.8) is 0 Å². The fourth-order valence-corrected chi connectivity index (χ4v) is 3.37. The second kappa shape index (κ2) is 12.0. The number of oxime groups is 1. The molecule has 1 aromatic heterocycles. The Morgan fingerprint density at radius 3 is 2.69 bits per heavy atom. The molecule has 188 valence electrons. The molecule has 0 radical (unpaired) electrons. The fraction of sp³-hybridized carbons (Fsp3) is 0.409. The topological polar surface area (TPSA) is 162 Å². The second-order valence-electron chi connectivity index (χ2n) is 8.30. The number of anilines is 1. The number of guanidine groups is 1. The number of carbonyl (C=O) groups is 1. The Hall–Kier alpha value is -3.84. The molecule has 1 atom stereocenters. The van der Waals surface area contributed by atoms with Gasteiger partial charge in [-0.1, -0.05) is 23.4 Å². The van der Waals surface area contributed by atoms with E-state index in [1.807, 2.05) is 29.2 Å². The predicted molar refractivity (Wildman–Crippen MR) is 129 cm³/mol. The minimum atomic E-state index is -1.35. The van der Waals surface area contributed by atoms with E-state index in [2.05, 4.69) is 20.1 Å².